The maximum atomic E-state index is 12.2. The van der Waals surface area contributed by atoms with Crippen LogP contribution in [0.4, 0.5) is 0 Å². The topological polar surface area (TPSA) is 46.6 Å². The molecule has 4 heteroatoms. The number of methoxy groups -OCH3 is 1. The van der Waals surface area contributed by atoms with Gasteiger partial charge in [-0.25, -0.2) is 0 Å². The normalized spacial score (nSPS) is 10.7. The lowest BCUT2D eigenvalue weighted by Crippen LogP contribution is -2.36. The Labute approximate surface area is 127 Å². The Kier molecular flexibility index (Phi) is 7.69. The molecule has 0 radical (unpaired) electrons. The fraction of sp³-hybridized carbons (Fsp3) is 0.529. The fourth-order valence-corrected chi connectivity index (χ4v) is 2.11. The molecule has 0 fully saturated rings. The maximum absolute atomic E-state index is 12.2. The number of benzene rings is 1. The van der Waals surface area contributed by atoms with Crippen molar-refractivity contribution in [2.24, 2.45) is 5.92 Å². The molecule has 0 saturated heterocycles. The third kappa shape index (κ3) is 6.54. The van der Waals surface area contributed by atoms with E-state index in [4.69, 9.17) is 4.74 Å². The second-order valence-electron chi connectivity index (χ2n) is 5.52. The van der Waals surface area contributed by atoms with Crippen LogP contribution in [0.2, 0.25) is 0 Å². The largest absolute Gasteiger partial charge is 0.383 e. The minimum absolute atomic E-state index is 0.0141. The molecule has 1 amide bonds. The minimum Gasteiger partial charge on any atom is -0.383 e. The van der Waals surface area contributed by atoms with Gasteiger partial charge in [0.25, 0.3) is 0 Å². The van der Waals surface area contributed by atoms with Gasteiger partial charge >= 0.3 is 0 Å². The Balaban J connectivity index is 2.50. The van der Waals surface area contributed by atoms with Gasteiger partial charge in [0, 0.05) is 38.6 Å². The van der Waals surface area contributed by atoms with E-state index in [0.29, 0.717) is 31.2 Å². The molecule has 4 nitrogen and oxygen atoms in total. The van der Waals surface area contributed by atoms with Crippen molar-refractivity contribution in [1.82, 2.24) is 4.90 Å². The second-order valence-corrected chi connectivity index (χ2v) is 5.52. The van der Waals surface area contributed by atoms with E-state index in [1.165, 1.54) is 0 Å². The van der Waals surface area contributed by atoms with Crippen molar-refractivity contribution in [2.45, 2.75) is 26.7 Å². The van der Waals surface area contributed by atoms with Gasteiger partial charge in [-0.05, 0) is 5.92 Å². The summed E-state index contributed by atoms with van der Waals surface area (Å²) in [4.78, 5) is 26.0. The molecule has 0 aliphatic rings. The van der Waals surface area contributed by atoms with Crippen molar-refractivity contribution >= 4 is 11.7 Å². The number of amides is 1. The van der Waals surface area contributed by atoms with Crippen LogP contribution in [0.3, 0.4) is 0 Å². The lowest BCUT2D eigenvalue weighted by atomic mass is 10.1. The average Bonchev–Trinajstić information content (AvgIpc) is 2.49. The summed E-state index contributed by atoms with van der Waals surface area (Å²) >= 11 is 0. The number of nitrogens with zero attached hydrogens (tertiary/aromatic N) is 1. The molecule has 0 atom stereocenters. The quantitative estimate of drug-likeness (QED) is 0.657. The number of carbonyl (C=O) groups excluding carboxylic acids is 2. The molecule has 0 heterocycles. The lowest BCUT2D eigenvalue weighted by molar-refractivity contribution is -0.132. The van der Waals surface area contributed by atoms with Crippen LogP contribution in [-0.2, 0) is 9.53 Å². The third-order valence-corrected chi connectivity index (χ3v) is 3.17. The number of carbonyl (C=O) groups is 2. The first-order valence-electron chi connectivity index (χ1n) is 7.39. The number of rotatable bonds is 9. The standard InChI is InChI=1S/C17H25NO3/c1-14(2)13-18(11-12-21-3)17(20)10-9-16(19)15-7-5-4-6-8-15/h4-8,14H,9-13H2,1-3H3. The molecule has 0 aromatic heterocycles. The van der Waals surface area contributed by atoms with E-state index in [-0.39, 0.29) is 24.5 Å². The highest BCUT2D eigenvalue weighted by Crippen LogP contribution is 2.08. The summed E-state index contributed by atoms with van der Waals surface area (Å²) in [5, 5.41) is 0. The minimum atomic E-state index is 0.0141. The van der Waals surface area contributed by atoms with E-state index >= 15 is 0 Å². The molecule has 0 N–H and O–H groups in total. The zero-order valence-electron chi connectivity index (χ0n) is 13.2. The van der Waals surface area contributed by atoms with Crippen LogP contribution in [-0.4, -0.2) is 43.4 Å². The van der Waals surface area contributed by atoms with E-state index in [2.05, 4.69) is 13.8 Å². The van der Waals surface area contributed by atoms with Crippen LogP contribution in [0.1, 0.15) is 37.0 Å². The highest BCUT2D eigenvalue weighted by Gasteiger charge is 2.16. The maximum Gasteiger partial charge on any atom is 0.223 e. The monoisotopic (exact) mass is 291 g/mol. The van der Waals surface area contributed by atoms with Gasteiger partial charge in [0.15, 0.2) is 5.78 Å². The van der Waals surface area contributed by atoms with Crippen LogP contribution >= 0.6 is 0 Å². The van der Waals surface area contributed by atoms with Gasteiger partial charge in [-0.2, -0.15) is 0 Å². The van der Waals surface area contributed by atoms with Crippen LogP contribution in [0.15, 0.2) is 30.3 Å². The zero-order valence-corrected chi connectivity index (χ0v) is 13.2. The van der Waals surface area contributed by atoms with Crippen molar-refractivity contribution in [1.29, 1.82) is 0 Å². The van der Waals surface area contributed by atoms with Gasteiger partial charge in [-0.3, -0.25) is 9.59 Å². The van der Waals surface area contributed by atoms with Gasteiger partial charge in [0.1, 0.15) is 0 Å². The smallest absolute Gasteiger partial charge is 0.223 e. The van der Waals surface area contributed by atoms with E-state index in [1.807, 2.05) is 18.2 Å². The first-order chi connectivity index (χ1) is 10.0. The SMILES string of the molecule is COCCN(CC(C)C)C(=O)CCC(=O)c1ccccc1. The molecule has 0 saturated carbocycles. The predicted molar refractivity (Wildman–Crippen MR) is 83.3 cm³/mol. The van der Waals surface area contributed by atoms with Gasteiger partial charge in [-0.15, -0.1) is 0 Å². The molecule has 1 rings (SSSR count). The van der Waals surface area contributed by atoms with Crippen molar-refractivity contribution in [3.63, 3.8) is 0 Å². The molecule has 0 bridgehead atoms. The van der Waals surface area contributed by atoms with Crippen LogP contribution < -0.4 is 0 Å². The third-order valence-electron chi connectivity index (χ3n) is 3.17. The molecule has 21 heavy (non-hydrogen) atoms. The van der Waals surface area contributed by atoms with Crippen LogP contribution in [0.25, 0.3) is 0 Å². The Hall–Kier alpha value is -1.68. The summed E-state index contributed by atoms with van der Waals surface area (Å²) in [6, 6.07) is 9.10. The average molecular weight is 291 g/mol. The predicted octanol–water partition coefficient (Wildman–Crippen LogP) is 2.78. The Morgan fingerprint density at radius 3 is 2.38 bits per heavy atom. The molecule has 0 unspecified atom stereocenters. The van der Waals surface area contributed by atoms with Crippen molar-refractivity contribution in [3.8, 4) is 0 Å². The first-order valence-corrected chi connectivity index (χ1v) is 7.39. The van der Waals surface area contributed by atoms with Crippen LogP contribution in [0.5, 0.6) is 0 Å². The van der Waals surface area contributed by atoms with Crippen molar-refractivity contribution in [2.75, 3.05) is 26.8 Å². The van der Waals surface area contributed by atoms with Crippen molar-refractivity contribution in [3.05, 3.63) is 35.9 Å². The number of ether oxygens (including phenoxy) is 1. The molecule has 1 aromatic rings. The highest BCUT2D eigenvalue weighted by molar-refractivity contribution is 5.97. The van der Waals surface area contributed by atoms with E-state index in [0.717, 1.165) is 0 Å². The Bertz CT molecular complexity index is 443. The number of Topliss-reactive ketones (excluding diaryl/α,β-unsaturated/α-hetero) is 1. The fourth-order valence-electron chi connectivity index (χ4n) is 2.11. The summed E-state index contributed by atoms with van der Waals surface area (Å²) in [6.45, 7) is 5.93. The van der Waals surface area contributed by atoms with Gasteiger partial charge in [0.2, 0.25) is 5.91 Å². The van der Waals surface area contributed by atoms with Gasteiger partial charge in [0.05, 0.1) is 6.61 Å². The summed E-state index contributed by atoms with van der Waals surface area (Å²) in [7, 11) is 1.62. The second kappa shape index (κ2) is 9.29. The molecular formula is C17H25NO3. The van der Waals surface area contributed by atoms with Gasteiger partial charge in [-0.1, -0.05) is 44.2 Å². The molecule has 0 aliphatic carbocycles. The number of hydrogen-bond donors (Lipinski definition) is 0. The Morgan fingerprint density at radius 2 is 1.81 bits per heavy atom. The molecular weight excluding hydrogens is 266 g/mol. The summed E-state index contributed by atoms with van der Waals surface area (Å²) < 4.78 is 5.04. The Morgan fingerprint density at radius 1 is 1.14 bits per heavy atom. The first kappa shape index (κ1) is 17.4. The van der Waals surface area contributed by atoms with Gasteiger partial charge < -0.3 is 9.64 Å². The number of hydrogen-bond acceptors (Lipinski definition) is 3. The summed E-state index contributed by atoms with van der Waals surface area (Å²) in [5.74, 6) is 0.431. The van der Waals surface area contributed by atoms with Crippen LogP contribution in [0, 0.1) is 5.92 Å². The van der Waals surface area contributed by atoms with E-state index < -0.39 is 0 Å². The van der Waals surface area contributed by atoms with E-state index in [9.17, 15) is 9.59 Å². The molecule has 116 valence electrons. The highest BCUT2D eigenvalue weighted by atomic mass is 16.5. The zero-order chi connectivity index (χ0) is 15.7. The lowest BCUT2D eigenvalue weighted by Gasteiger charge is -2.24. The number of ketones is 1. The molecule has 0 spiro atoms. The van der Waals surface area contributed by atoms with E-state index in [1.54, 1.807) is 24.1 Å². The van der Waals surface area contributed by atoms with Crippen molar-refractivity contribution < 1.29 is 14.3 Å². The molecule has 0 aliphatic heterocycles. The summed E-state index contributed by atoms with van der Waals surface area (Å²) in [5.41, 5.74) is 0.664. The molecule has 1 aromatic carbocycles. The summed E-state index contributed by atoms with van der Waals surface area (Å²) in [6.07, 6.45) is 0.509.